The molecule has 33 heavy (non-hydrogen) atoms. The molecule has 1 fully saturated rings. The Kier molecular flexibility index (Phi) is 8.03. The van der Waals surface area contributed by atoms with E-state index < -0.39 is 41.6 Å². The van der Waals surface area contributed by atoms with E-state index in [0.29, 0.717) is 24.7 Å². The lowest BCUT2D eigenvalue weighted by Crippen LogP contribution is -2.54. The zero-order valence-electron chi connectivity index (χ0n) is 18.1. The van der Waals surface area contributed by atoms with Gasteiger partial charge in [-0.15, -0.1) is 0 Å². The third-order valence-electron chi connectivity index (χ3n) is 5.56. The molecule has 1 heterocycles. The number of halogens is 3. The Morgan fingerprint density at radius 2 is 1.70 bits per heavy atom. The number of amides is 2. The minimum atomic E-state index is -1.68. The molecule has 1 atom stereocenters. The van der Waals surface area contributed by atoms with Crippen molar-refractivity contribution in [3.05, 3.63) is 65.0 Å². The molecule has 0 bridgehead atoms. The summed E-state index contributed by atoms with van der Waals surface area (Å²) < 4.78 is 39.9. The van der Waals surface area contributed by atoms with Crippen LogP contribution in [-0.4, -0.2) is 60.4 Å². The highest BCUT2D eigenvalue weighted by Gasteiger charge is 2.26. The lowest BCUT2D eigenvalue weighted by molar-refractivity contribution is -0.128. The minimum absolute atomic E-state index is 0.364. The van der Waals surface area contributed by atoms with E-state index in [9.17, 15) is 22.8 Å². The number of hydrogen-bond acceptors (Lipinski definition) is 5. The number of hydrogen-bond donors (Lipinski definition) is 2. The summed E-state index contributed by atoms with van der Waals surface area (Å²) in [5.41, 5.74) is 1.23. The van der Waals surface area contributed by atoms with Gasteiger partial charge in [0.25, 0.3) is 0 Å². The van der Waals surface area contributed by atoms with Crippen LogP contribution in [0.5, 0.6) is 0 Å². The van der Waals surface area contributed by atoms with E-state index in [4.69, 9.17) is 5.26 Å². The quantitative estimate of drug-likeness (QED) is 0.620. The molecule has 1 aliphatic heterocycles. The van der Waals surface area contributed by atoms with E-state index >= 15 is 0 Å². The molecule has 10 heteroatoms. The van der Waals surface area contributed by atoms with Crippen LogP contribution in [0.1, 0.15) is 18.1 Å². The molecule has 0 aromatic heterocycles. The van der Waals surface area contributed by atoms with E-state index in [1.54, 1.807) is 19.1 Å². The Labute approximate surface area is 189 Å². The first-order chi connectivity index (χ1) is 15.8. The summed E-state index contributed by atoms with van der Waals surface area (Å²) in [4.78, 5) is 28.7. The topological polar surface area (TPSA) is 88.5 Å². The molecule has 1 saturated heterocycles. The lowest BCUT2D eigenvalue weighted by atomic mass is 10.1. The van der Waals surface area contributed by atoms with Gasteiger partial charge in [0.2, 0.25) is 11.8 Å². The predicted molar refractivity (Wildman–Crippen MR) is 115 cm³/mol. The van der Waals surface area contributed by atoms with Gasteiger partial charge >= 0.3 is 0 Å². The van der Waals surface area contributed by atoms with Gasteiger partial charge in [0.15, 0.2) is 17.5 Å². The number of nitriles is 1. The fourth-order valence-electron chi connectivity index (χ4n) is 3.55. The van der Waals surface area contributed by atoms with Gasteiger partial charge in [0.05, 0.1) is 29.9 Å². The second-order valence-electron chi connectivity index (χ2n) is 7.79. The second kappa shape index (κ2) is 10.9. The Bertz CT molecular complexity index is 1050. The number of benzene rings is 2. The van der Waals surface area contributed by atoms with Crippen LogP contribution in [0, 0.1) is 28.8 Å². The van der Waals surface area contributed by atoms with Gasteiger partial charge in [-0.05, 0) is 36.8 Å². The van der Waals surface area contributed by atoms with Crippen LogP contribution in [0.4, 0.5) is 18.9 Å². The van der Waals surface area contributed by atoms with E-state index in [2.05, 4.69) is 21.6 Å². The van der Waals surface area contributed by atoms with Crippen molar-refractivity contribution in [3.63, 3.8) is 0 Å². The average molecular weight is 459 g/mol. The number of nitrogens with one attached hydrogen (secondary N) is 2. The van der Waals surface area contributed by atoms with Gasteiger partial charge in [-0.25, -0.2) is 13.2 Å². The van der Waals surface area contributed by atoms with Crippen molar-refractivity contribution in [3.8, 4) is 6.07 Å². The maximum atomic E-state index is 13.7. The van der Waals surface area contributed by atoms with Crippen LogP contribution in [-0.2, 0) is 16.1 Å². The summed E-state index contributed by atoms with van der Waals surface area (Å²) >= 11 is 0. The largest absolute Gasteiger partial charge is 0.346 e. The Morgan fingerprint density at radius 1 is 1.03 bits per heavy atom. The summed E-state index contributed by atoms with van der Waals surface area (Å²) in [7, 11) is 0. The molecular weight excluding hydrogens is 435 g/mol. The molecule has 0 radical (unpaired) electrons. The van der Waals surface area contributed by atoms with Crippen LogP contribution in [0.3, 0.4) is 0 Å². The molecule has 2 N–H and O–H groups in total. The fraction of sp³-hybridized carbons (Fsp3) is 0.348. The monoisotopic (exact) mass is 459 g/mol. The molecule has 0 unspecified atom stereocenters. The van der Waals surface area contributed by atoms with Crippen LogP contribution >= 0.6 is 0 Å². The van der Waals surface area contributed by atoms with Gasteiger partial charge in [-0.1, -0.05) is 12.1 Å². The highest BCUT2D eigenvalue weighted by atomic mass is 19.2. The Hall–Kier alpha value is -3.42. The number of rotatable bonds is 7. The van der Waals surface area contributed by atoms with Gasteiger partial charge < -0.3 is 10.6 Å². The highest BCUT2D eigenvalue weighted by molar-refractivity contribution is 5.95. The van der Waals surface area contributed by atoms with Crippen molar-refractivity contribution in [2.45, 2.75) is 19.5 Å². The van der Waals surface area contributed by atoms with E-state index in [-0.39, 0.29) is 5.91 Å². The summed E-state index contributed by atoms with van der Waals surface area (Å²) in [6, 6.07) is 10.7. The van der Waals surface area contributed by atoms with Gasteiger partial charge in [-0.3, -0.25) is 19.4 Å². The molecule has 3 rings (SSSR count). The standard InChI is InChI=1S/C23H24F3N5O2/c1-15(23(33)28-13-20(32)29-19-7-6-18(24)21(25)22(19)26)31-10-8-30(9-11-31)14-17-4-2-16(12-27)3-5-17/h2-7,15H,8-11,13-14H2,1H3,(H,28,33)(H,29,32)/t15-/m0/s1. The smallest absolute Gasteiger partial charge is 0.243 e. The van der Waals surface area contributed by atoms with Crippen molar-refractivity contribution >= 4 is 17.5 Å². The lowest BCUT2D eigenvalue weighted by Gasteiger charge is -2.37. The van der Waals surface area contributed by atoms with E-state index in [0.717, 1.165) is 31.3 Å². The number of nitrogens with zero attached hydrogens (tertiary/aromatic N) is 3. The average Bonchev–Trinajstić information content (AvgIpc) is 2.83. The second-order valence-corrected chi connectivity index (χ2v) is 7.79. The Morgan fingerprint density at radius 3 is 2.33 bits per heavy atom. The maximum Gasteiger partial charge on any atom is 0.243 e. The van der Waals surface area contributed by atoms with Crippen LogP contribution in [0.15, 0.2) is 36.4 Å². The Balaban J connectivity index is 1.42. The zero-order valence-corrected chi connectivity index (χ0v) is 18.1. The predicted octanol–water partition coefficient (Wildman–Crippen LogP) is 2.24. The fourth-order valence-corrected chi connectivity index (χ4v) is 3.55. The molecule has 7 nitrogen and oxygen atoms in total. The highest BCUT2D eigenvalue weighted by Crippen LogP contribution is 2.19. The van der Waals surface area contributed by atoms with Crippen LogP contribution in [0.25, 0.3) is 0 Å². The van der Waals surface area contributed by atoms with Crippen molar-refractivity contribution in [1.82, 2.24) is 15.1 Å². The number of piperazine rings is 1. The van der Waals surface area contributed by atoms with Gasteiger partial charge in [0, 0.05) is 32.7 Å². The summed E-state index contributed by atoms with van der Waals surface area (Å²) in [5.74, 6) is -5.65. The first kappa shape index (κ1) is 24.2. The van der Waals surface area contributed by atoms with Crippen molar-refractivity contribution in [2.24, 2.45) is 0 Å². The molecule has 0 spiro atoms. The van der Waals surface area contributed by atoms with Crippen molar-refractivity contribution in [1.29, 1.82) is 5.26 Å². The summed E-state index contributed by atoms with van der Waals surface area (Å²) in [6.45, 7) is 4.90. The maximum absolute atomic E-state index is 13.7. The summed E-state index contributed by atoms with van der Waals surface area (Å²) in [5, 5.41) is 13.5. The van der Waals surface area contributed by atoms with Gasteiger partial charge in [0.1, 0.15) is 0 Å². The van der Waals surface area contributed by atoms with Crippen molar-refractivity contribution in [2.75, 3.05) is 38.0 Å². The number of carbonyl (C=O) groups excluding carboxylic acids is 2. The zero-order chi connectivity index (χ0) is 24.0. The molecule has 2 aromatic rings. The van der Waals surface area contributed by atoms with E-state index in [1.807, 2.05) is 17.0 Å². The first-order valence-electron chi connectivity index (χ1n) is 10.4. The van der Waals surface area contributed by atoms with Crippen LogP contribution < -0.4 is 10.6 Å². The minimum Gasteiger partial charge on any atom is -0.346 e. The third-order valence-corrected chi connectivity index (χ3v) is 5.56. The number of carbonyl (C=O) groups is 2. The third kappa shape index (κ3) is 6.31. The van der Waals surface area contributed by atoms with E-state index in [1.165, 1.54) is 0 Å². The SMILES string of the molecule is C[C@@H](C(=O)NCC(=O)Nc1ccc(F)c(F)c1F)N1CCN(Cc2ccc(C#N)cc2)CC1. The van der Waals surface area contributed by atoms with Crippen molar-refractivity contribution < 1.29 is 22.8 Å². The molecule has 0 aliphatic carbocycles. The normalized spacial score (nSPS) is 15.5. The molecule has 2 aromatic carbocycles. The molecule has 0 saturated carbocycles. The first-order valence-corrected chi connectivity index (χ1v) is 10.4. The van der Waals surface area contributed by atoms with Gasteiger partial charge in [-0.2, -0.15) is 5.26 Å². The molecule has 2 amide bonds. The molecule has 1 aliphatic rings. The van der Waals surface area contributed by atoms with Crippen LogP contribution in [0.2, 0.25) is 0 Å². The molecule has 174 valence electrons. The summed E-state index contributed by atoms with van der Waals surface area (Å²) in [6.07, 6.45) is 0. The number of anilines is 1. The molecular formula is C23H24F3N5O2.